The van der Waals surface area contributed by atoms with E-state index in [1.54, 1.807) is 24.3 Å². The summed E-state index contributed by atoms with van der Waals surface area (Å²) in [5, 5.41) is 3.03. The van der Waals surface area contributed by atoms with Crippen LogP contribution in [0.1, 0.15) is 43.4 Å². The normalized spacial score (nSPS) is 23.5. The van der Waals surface area contributed by atoms with Crippen molar-refractivity contribution in [2.24, 2.45) is 5.92 Å². The molecule has 1 saturated heterocycles. The maximum atomic E-state index is 14.8. The number of carbonyl (C=O) groups is 3. The molecule has 1 spiro atoms. The van der Waals surface area contributed by atoms with Crippen LogP contribution in [0.3, 0.4) is 0 Å². The lowest BCUT2D eigenvalue weighted by Gasteiger charge is -2.38. The van der Waals surface area contributed by atoms with Crippen LogP contribution in [0.15, 0.2) is 103 Å². The fraction of sp³-hybridized carbons (Fsp3) is 0.147. The van der Waals surface area contributed by atoms with Crippen LogP contribution in [0.2, 0.25) is 0 Å². The van der Waals surface area contributed by atoms with Crippen molar-refractivity contribution in [1.29, 1.82) is 0 Å². The number of halogens is 1. The summed E-state index contributed by atoms with van der Waals surface area (Å²) in [6.45, 7) is 0. The van der Waals surface area contributed by atoms with Crippen molar-refractivity contribution in [3.05, 3.63) is 137 Å². The number of nitrogens with zero attached hydrogens (tertiary/aromatic N) is 1. The molecule has 41 heavy (non-hydrogen) atoms. The predicted molar refractivity (Wildman–Crippen MR) is 152 cm³/mol. The summed E-state index contributed by atoms with van der Waals surface area (Å²) in [7, 11) is 1.52. The van der Waals surface area contributed by atoms with Crippen molar-refractivity contribution in [3.8, 4) is 5.75 Å². The number of hydrogen-bond acceptors (Lipinski definition) is 5. The number of nitrogens with one attached hydrogen (secondary N) is 1. The molecule has 0 aliphatic carbocycles. The predicted octanol–water partition coefficient (Wildman–Crippen LogP) is 5.82. The molecule has 202 valence electrons. The number of amides is 1. The van der Waals surface area contributed by atoms with Gasteiger partial charge in [0.15, 0.2) is 11.6 Å². The third-order valence-electron chi connectivity index (χ3n) is 8.60. The summed E-state index contributed by atoms with van der Waals surface area (Å²) < 4.78 is 19.3. The number of ether oxygens (including phenoxy) is 1. The van der Waals surface area contributed by atoms with E-state index >= 15 is 0 Å². The van der Waals surface area contributed by atoms with Gasteiger partial charge < -0.3 is 15.0 Å². The molecule has 4 aromatic carbocycles. The number of hydrogen-bond donors (Lipinski definition) is 1. The summed E-state index contributed by atoms with van der Waals surface area (Å²) in [6, 6.07) is 25.5. The number of anilines is 1. The van der Waals surface area contributed by atoms with Gasteiger partial charge >= 0.3 is 0 Å². The van der Waals surface area contributed by atoms with Gasteiger partial charge in [-0.15, -0.1) is 0 Å². The highest BCUT2D eigenvalue weighted by molar-refractivity contribution is 6.16. The number of Topliss-reactive ketones (excluding diaryl/α,β-unsaturated/α-hetero) is 2. The third-order valence-corrected chi connectivity index (χ3v) is 8.60. The lowest BCUT2D eigenvalue weighted by atomic mass is 9.62. The summed E-state index contributed by atoms with van der Waals surface area (Å²) in [6.07, 6.45) is 3.72. The molecular weight excluding hydrogens is 519 g/mol. The number of para-hydroxylation sites is 1. The fourth-order valence-corrected chi connectivity index (χ4v) is 6.91. The van der Waals surface area contributed by atoms with Gasteiger partial charge in [0.2, 0.25) is 5.91 Å². The van der Waals surface area contributed by atoms with Crippen LogP contribution in [0, 0.1) is 11.7 Å². The van der Waals surface area contributed by atoms with Crippen LogP contribution >= 0.6 is 0 Å². The minimum Gasteiger partial charge on any atom is -0.497 e. The van der Waals surface area contributed by atoms with Crippen molar-refractivity contribution < 1.29 is 23.5 Å². The Labute approximate surface area is 236 Å². The molecule has 1 fully saturated rings. The number of benzene rings is 4. The monoisotopic (exact) mass is 544 g/mol. The van der Waals surface area contributed by atoms with E-state index in [1.165, 1.54) is 31.4 Å². The largest absolute Gasteiger partial charge is 0.497 e. The van der Waals surface area contributed by atoms with E-state index < -0.39 is 29.2 Å². The third kappa shape index (κ3) is 3.51. The highest BCUT2D eigenvalue weighted by Crippen LogP contribution is 2.62. The zero-order valence-corrected chi connectivity index (χ0v) is 22.1. The van der Waals surface area contributed by atoms with Crippen molar-refractivity contribution in [3.63, 3.8) is 0 Å². The van der Waals surface area contributed by atoms with E-state index in [4.69, 9.17) is 4.74 Å². The van der Waals surface area contributed by atoms with Crippen LogP contribution in [0.4, 0.5) is 10.1 Å². The Bertz CT molecular complexity index is 1760. The molecular formula is C34H25FN2O4. The standard InChI is InChI=1S/C34H25FN2O4/c1-41-24-9-6-8-22(19-24)30(38)28-29(31(39)21-13-15-23(35)16-14-21)37-18-17-20-7-2-3-10-25(20)32(37)34(28)26-11-4-5-12-27(26)36-33(34)40/h2-19,28-29,32H,1H3,(H,36,40)/t28-,29-,32+,34+/m0/s1. The SMILES string of the molecule is COc1cccc(C(=O)[C@@H]2[C@@H](C(=O)c3ccc(F)cc3)N3C=Cc4ccccc4[C@@H]3[C@]23C(=O)Nc2ccccc23)c1. The molecule has 4 atom stereocenters. The lowest BCUT2D eigenvalue weighted by Crippen LogP contribution is -2.49. The highest BCUT2D eigenvalue weighted by atomic mass is 19.1. The van der Waals surface area contributed by atoms with Crippen LogP contribution in [-0.2, 0) is 10.2 Å². The van der Waals surface area contributed by atoms with E-state index in [0.717, 1.165) is 11.1 Å². The second kappa shape index (κ2) is 9.27. The van der Waals surface area contributed by atoms with E-state index in [2.05, 4.69) is 5.32 Å². The van der Waals surface area contributed by atoms with Crippen LogP contribution < -0.4 is 10.1 Å². The van der Waals surface area contributed by atoms with Crippen molar-refractivity contribution in [1.82, 2.24) is 4.90 Å². The molecule has 7 heteroatoms. The zero-order valence-electron chi connectivity index (χ0n) is 22.1. The van der Waals surface area contributed by atoms with Gasteiger partial charge in [0.1, 0.15) is 23.0 Å². The Hall–Kier alpha value is -5.04. The first-order valence-corrected chi connectivity index (χ1v) is 13.4. The molecule has 0 radical (unpaired) electrons. The topological polar surface area (TPSA) is 75.7 Å². The van der Waals surface area contributed by atoms with Crippen molar-refractivity contribution in [2.45, 2.75) is 17.5 Å². The van der Waals surface area contributed by atoms with Crippen molar-refractivity contribution in [2.75, 3.05) is 12.4 Å². The molecule has 3 heterocycles. The minimum absolute atomic E-state index is 0.259. The molecule has 4 aromatic rings. The van der Waals surface area contributed by atoms with Crippen LogP contribution in [-0.4, -0.2) is 35.5 Å². The second-order valence-corrected chi connectivity index (χ2v) is 10.6. The van der Waals surface area contributed by atoms with Crippen molar-refractivity contribution >= 4 is 29.2 Å². The molecule has 7 rings (SSSR count). The molecule has 1 amide bonds. The molecule has 0 aromatic heterocycles. The van der Waals surface area contributed by atoms with Gasteiger partial charge in [-0.1, -0.05) is 54.6 Å². The first kappa shape index (κ1) is 25.0. The van der Waals surface area contributed by atoms with E-state index in [9.17, 15) is 18.8 Å². The summed E-state index contributed by atoms with van der Waals surface area (Å²) in [5.41, 5.74) is 2.20. The second-order valence-electron chi connectivity index (χ2n) is 10.6. The molecule has 0 saturated carbocycles. The Morgan fingerprint density at radius 3 is 2.44 bits per heavy atom. The maximum absolute atomic E-state index is 14.8. The van der Waals surface area contributed by atoms with Gasteiger partial charge in [-0.05, 0) is 65.2 Å². The zero-order chi connectivity index (χ0) is 28.3. The Kier molecular flexibility index (Phi) is 5.64. The van der Waals surface area contributed by atoms with E-state index in [0.29, 0.717) is 22.6 Å². The summed E-state index contributed by atoms with van der Waals surface area (Å²) in [4.78, 5) is 45.5. The first-order chi connectivity index (χ1) is 19.9. The Morgan fingerprint density at radius 2 is 1.63 bits per heavy atom. The Morgan fingerprint density at radius 1 is 0.878 bits per heavy atom. The Balaban J connectivity index is 1.53. The number of fused-ring (bicyclic) bond motifs is 6. The van der Waals surface area contributed by atoms with E-state index in [-0.39, 0.29) is 23.0 Å². The van der Waals surface area contributed by atoms with E-state index in [1.807, 2.05) is 65.7 Å². The quantitative estimate of drug-likeness (QED) is 0.321. The number of methoxy groups -OCH3 is 1. The molecule has 1 N–H and O–H groups in total. The van der Waals surface area contributed by atoms with Gasteiger partial charge in [-0.2, -0.15) is 0 Å². The van der Waals surface area contributed by atoms with Crippen LogP contribution in [0.5, 0.6) is 5.75 Å². The molecule has 0 unspecified atom stereocenters. The number of rotatable bonds is 5. The average molecular weight is 545 g/mol. The fourth-order valence-electron chi connectivity index (χ4n) is 6.91. The molecule has 3 aliphatic heterocycles. The van der Waals surface area contributed by atoms with Gasteiger partial charge in [0.25, 0.3) is 0 Å². The lowest BCUT2D eigenvalue weighted by molar-refractivity contribution is -0.122. The molecule has 0 bridgehead atoms. The van der Waals surface area contributed by atoms with Crippen LogP contribution in [0.25, 0.3) is 6.08 Å². The highest BCUT2D eigenvalue weighted by Gasteiger charge is 2.70. The average Bonchev–Trinajstić information content (AvgIpc) is 3.49. The first-order valence-electron chi connectivity index (χ1n) is 13.4. The van der Waals surface area contributed by atoms with Gasteiger partial charge in [0.05, 0.1) is 19.1 Å². The molecule has 6 nitrogen and oxygen atoms in total. The van der Waals surface area contributed by atoms with Gasteiger partial charge in [0, 0.05) is 23.0 Å². The smallest absolute Gasteiger partial charge is 0.238 e. The van der Waals surface area contributed by atoms with Gasteiger partial charge in [-0.25, -0.2) is 4.39 Å². The molecule has 3 aliphatic rings. The minimum atomic E-state index is -1.43. The summed E-state index contributed by atoms with van der Waals surface area (Å²) in [5.74, 6) is -2.15. The summed E-state index contributed by atoms with van der Waals surface area (Å²) >= 11 is 0. The number of carbonyl (C=O) groups excluding carboxylic acids is 3. The van der Waals surface area contributed by atoms with Gasteiger partial charge in [-0.3, -0.25) is 14.4 Å². The number of ketones is 2. The maximum Gasteiger partial charge on any atom is 0.238 e.